The van der Waals surface area contributed by atoms with Gasteiger partial charge < -0.3 is 9.64 Å². The first-order valence-electron chi connectivity index (χ1n) is 10.8. The SMILES string of the molecule is COc1cccc(-n2cnnc2SCC(=O)N(Cc2ccc(F)cc2)C2CCCCC2)c1. The second-order valence-electron chi connectivity index (χ2n) is 7.91. The summed E-state index contributed by atoms with van der Waals surface area (Å²) in [5, 5.41) is 8.89. The van der Waals surface area contributed by atoms with Gasteiger partial charge in [-0.2, -0.15) is 0 Å². The van der Waals surface area contributed by atoms with Crippen LogP contribution in [0.15, 0.2) is 60.0 Å². The van der Waals surface area contributed by atoms with Crippen LogP contribution < -0.4 is 4.74 Å². The average Bonchev–Trinajstić information content (AvgIpc) is 3.31. The fourth-order valence-corrected chi connectivity index (χ4v) is 4.88. The molecule has 0 bridgehead atoms. The van der Waals surface area contributed by atoms with Crippen LogP contribution in [-0.2, 0) is 11.3 Å². The molecule has 1 aliphatic rings. The Bertz CT molecular complexity index is 1030. The monoisotopic (exact) mass is 454 g/mol. The maximum absolute atomic E-state index is 13.3. The highest BCUT2D eigenvalue weighted by Crippen LogP contribution is 2.27. The summed E-state index contributed by atoms with van der Waals surface area (Å²) in [6.07, 6.45) is 7.14. The van der Waals surface area contributed by atoms with Gasteiger partial charge >= 0.3 is 0 Å². The molecule has 0 aliphatic heterocycles. The van der Waals surface area contributed by atoms with Crippen LogP contribution >= 0.6 is 11.8 Å². The van der Waals surface area contributed by atoms with E-state index in [0.29, 0.717) is 11.7 Å². The lowest BCUT2D eigenvalue weighted by molar-refractivity contribution is -0.132. The molecule has 1 saturated carbocycles. The lowest BCUT2D eigenvalue weighted by Crippen LogP contribution is -2.42. The fraction of sp³-hybridized carbons (Fsp3) is 0.375. The molecule has 0 atom stereocenters. The van der Waals surface area contributed by atoms with Crippen LogP contribution in [0.5, 0.6) is 5.75 Å². The van der Waals surface area contributed by atoms with Crippen molar-refractivity contribution in [3.8, 4) is 11.4 Å². The molecule has 2 aromatic carbocycles. The first-order valence-corrected chi connectivity index (χ1v) is 11.8. The lowest BCUT2D eigenvalue weighted by atomic mass is 9.94. The zero-order valence-corrected chi connectivity index (χ0v) is 18.9. The predicted octanol–water partition coefficient (Wildman–Crippen LogP) is 4.87. The molecule has 1 fully saturated rings. The van der Waals surface area contributed by atoms with Gasteiger partial charge in [0.15, 0.2) is 5.16 Å². The van der Waals surface area contributed by atoms with Gasteiger partial charge in [0.25, 0.3) is 0 Å². The van der Waals surface area contributed by atoms with Crippen molar-refractivity contribution in [3.63, 3.8) is 0 Å². The van der Waals surface area contributed by atoms with Gasteiger partial charge in [-0.05, 0) is 42.7 Å². The Balaban J connectivity index is 1.47. The standard InChI is InChI=1S/C24H27FN4O2S/c1-31-22-9-5-8-21(14-22)29-17-26-27-24(29)32-16-23(30)28(20-6-3-2-4-7-20)15-18-10-12-19(25)13-11-18/h5,8-14,17,20H,2-4,6-7,15-16H2,1H3. The molecule has 0 unspecified atom stereocenters. The number of carbonyl (C=O) groups is 1. The molecule has 32 heavy (non-hydrogen) atoms. The minimum atomic E-state index is -0.267. The van der Waals surface area contributed by atoms with Gasteiger partial charge in [-0.15, -0.1) is 10.2 Å². The van der Waals surface area contributed by atoms with Gasteiger partial charge in [0, 0.05) is 18.7 Å². The van der Waals surface area contributed by atoms with Crippen molar-refractivity contribution in [3.05, 3.63) is 66.2 Å². The van der Waals surface area contributed by atoms with Gasteiger partial charge in [-0.25, -0.2) is 4.39 Å². The van der Waals surface area contributed by atoms with Crippen LogP contribution in [-0.4, -0.2) is 44.5 Å². The number of halogens is 1. The van der Waals surface area contributed by atoms with Crippen LogP contribution in [0.4, 0.5) is 4.39 Å². The largest absolute Gasteiger partial charge is 0.497 e. The van der Waals surface area contributed by atoms with Crippen molar-refractivity contribution < 1.29 is 13.9 Å². The highest BCUT2D eigenvalue weighted by atomic mass is 32.2. The number of carbonyl (C=O) groups excluding carboxylic acids is 1. The number of benzene rings is 2. The molecule has 3 aromatic rings. The topological polar surface area (TPSA) is 60.2 Å². The van der Waals surface area contributed by atoms with Gasteiger partial charge in [0.2, 0.25) is 5.91 Å². The summed E-state index contributed by atoms with van der Waals surface area (Å²) >= 11 is 1.37. The number of amides is 1. The molecule has 8 heteroatoms. The van der Waals surface area contributed by atoms with Crippen LogP contribution in [0.25, 0.3) is 5.69 Å². The molecule has 4 rings (SSSR count). The van der Waals surface area contributed by atoms with E-state index in [1.54, 1.807) is 25.6 Å². The van der Waals surface area contributed by atoms with E-state index in [4.69, 9.17) is 4.74 Å². The van der Waals surface area contributed by atoms with Gasteiger partial charge in [-0.1, -0.05) is 49.2 Å². The van der Waals surface area contributed by atoms with Crippen molar-refractivity contribution in [2.45, 2.75) is 49.8 Å². The molecule has 1 amide bonds. The maximum atomic E-state index is 13.3. The minimum absolute atomic E-state index is 0.0615. The van der Waals surface area contributed by atoms with Crippen LogP contribution in [0.3, 0.4) is 0 Å². The molecule has 1 aliphatic carbocycles. The second kappa shape index (κ2) is 10.6. The third-order valence-electron chi connectivity index (χ3n) is 5.77. The smallest absolute Gasteiger partial charge is 0.233 e. The van der Waals surface area contributed by atoms with E-state index < -0.39 is 0 Å². The van der Waals surface area contributed by atoms with E-state index in [1.165, 1.54) is 30.3 Å². The van der Waals surface area contributed by atoms with Crippen LogP contribution in [0.2, 0.25) is 0 Å². The van der Waals surface area contributed by atoms with E-state index in [9.17, 15) is 9.18 Å². The van der Waals surface area contributed by atoms with Gasteiger partial charge in [0.05, 0.1) is 18.6 Å². The van der Waals surface area contributed by atoms with Gasteiger partial charge in [-0.3, -0.25) is 9.36 Å². The van der Waals surface area contributed by atoms with Crippen molar-refractivity contribution in [2.24, 2.45) is 0 Å². The molecule has 168 valence electrons. The predicted molar refractivity (Wildman–Crippen MR) is 122 cm³/mol. The quantitative estimate of drug-likeness (QED) is 0.455. The number of aromatic nitrogens is 3. The summed E-state index contributed by atoms with van der Waals surface area (Å²) in [6.45, 7) is 0.493. The molecule has 0 spiro atoms. The van der Waals surface area contributed by atoms with Crippen molar-refractivity contribution in [1.82, 2.24) is 19.7 Å². The van der Waals surface area contributed by atoms with Gasteiger partial charge in [0.1, 0.15) is 17.9 Å². The zero-order chi connectivity index (χ0) is 22.3. The molecule has 0 N–H and O–H groups in total. The summed E-state index contributed by atoms with van der Waals surface area (Å²) in [6, 6.07) is 14.3. The molecule has 0 saturated heterocycles. The maximum Gasteiger partial charge on any atom is 0.233 e. The van der Waals surface area contributed by atoms with E-state index >= 15 is 0 Å². The number of thioether (sulfide) groups is 1. The summed E-state index contributed by atoms with van der Waals surface area (Å²) < 4.78 is 20.5. The normalized spacial score (nSPS) is 14.3. The first kappa shape index (κ1) is 22.3. The summed E-state index contributed by atoms with van der Waals surface area (Å²) in [7, 11) is 1.63. The summed E-state index contributed by atoms with van der Waals surface area (Å²) in [4.78, 5) is 15.3. The Hall–Kier alpha value is -2.87. The Morgan fingerprint density at radius 1 is 1.19 bits per heavy atom. The molecule has 1 heterocycles. The van der Waals surface area contributed by atoms with Crippen molar-refractivity contribution >= 4 is 17.7 Å². The second-order valence-corrected chi connectivity index (χ2v) is 8.86. The van der Waals surface area contributed by atoms with E-state index in [1.807, 2.05) is 33.7 Å². The molecule has 0 radical (unpaired) electrons. The fourth-order valence-electron chi connectivity index (χ4n) is 4.07. The van der Waals surface area contributed by atoms with E-state index in [-0.39, 0.29) is 23.5 Å². The Morgan fingerprint density at radius 2 is 1.97 bits per heavy atom. The van der Waals surface area contributed by atoms with Crippen LogP contribution in [0.1, 0.15) is 37.7 Å². The Kier molecular flexibility index (Phi) is 7.42. The third-order valence-corrected chi connectivity index (χ3v) is 6.70. The average molecular weight is 455 g/mol. The number of nitrogens with zero attached hydrogens (tertiary/aromatic N) is 4. The molecular formula is C24H27FN4O2S. The Labute approximate surface area is 191 Å². The zero-order valence-electron chi connectivity index (χ0n) is 18.1. The van der Waals surface area contributed by atoms with Crippen molar-refractivity contribution in [2.75, 3.05) is 12.9 Å². The minimum Gasteiger partial charge on any atom is -0.497 e. The number of ether oxygens (including phenoxy) is 1. The van der Waals surface area contributed by atoms with E-state index in [2.05, 4.69) is 10.2 Å². The highest BCUT2D eigenvalue weighted by molar-refractivity contribution is 7.99. The van der Waals surface area contributed by atoms with Crippen molar-refractivity contribution in [1.29, 1.82) is 0 Å². The number of rotatable bonds is 8. The highest BCUT2D eigenvalue weighted by Gasteiger charge is 2.26. The number of methoxy groups -OCH3 is 1. The third kappa shape index (κ3) is 5.48. The number of hydrogen-bond donors (Lipinski definition) is 0. The molecule has 1 aromatic heterocycles. The first-order chi connectivity index (χ1) is 15.6. The summed E-state index contributed by atoms with van der Waals surface area (Å²) in [5.41, 5.74) is 1.81. The van der Waals surface area contributed by atoms with E-state index in [0.717, 1.165) is 42.7 Å². The number of hydrogen-bond acceptors (Lipinski definition) is 5. The lowest BCUT2D eigenvalue weighted by Gasteiger charge is -2.34. The summed E-state index contributed by atoms with van der Waals surface area (Å²) in [5.74, 6) is 0.800. The Morgan fingerprint density at radius 3 is 2.72 bits per heavy atom. The molecular weight excluding hydrogens is 427 g/mol. The molecule has 6 nitrogen and oxygen atoms in total. The van der Waals surface area contributed by atoms with Crippen LogP contribution in [0, 0.1) is 5.82 Å².